The van der Waals surface area contributed by atoms with Gasteiger partial charge in [0.25, 0.3) is 5.91 Å². The van der Waals surface area contributed by atoms with Crippen LogP contribution in [0.5, 0.6) is 0 Å². The maximum absolute atomic E-state index is 12.8. The summed E-state index contributed by atoms with van der Waals surface area (Å²) in [7, 11) is 1.74. The molecule has 7 heteroatoms. The average molecular weight is 344 g/mol. The molecule has 0 aliphatic heterocycles. The number of H-pyrrole nitrogens is 1. The van der Waals surface area contributed by atoms with Crippen molar-refractivity contribution in [3.05, 3.63) is 52.6 Å². The fourth-order valence-corrected chi connectivity index (χ4v) is 3.01. The fourth-order valence-electron chi connectivity index (χ4n) is 3.01. The van der Waals surface area contributed by atoms with Crippen molar-refractivity contribution in [2.45, 2.75) is 32.2 Å². The summed E-state index contributed by atoms with van der Waals surface area (Å²) in [5, 5.41) is 10.0. The maximum Gasteiger partial charge on any atom is 0.251 e. The number of fused-ring (bicyclic) bond motifs is 1. The Morgan fingerprint density at radius 3 is 2.80 bits per heavy atom. The minimum atomic E-state index is -0.391. The normalized spacial score (nSPS) is 12.7. The van der Waals surface area contributed by atoms with Crippen LogP contribution >= 0.6 is 0 Å². The molecule has 0 fully saturated rings. The van der Waals surface area contributed by atoms with Gasteiger partial charge in [0.15, 0.2) is 0 Å². The predicted molar refractivity (Wildman–Crippen MR) is 90.4 cm³/mol. The summed E-state index contributed by atoms with van der Waals surface area (Å²) in [6.45, 7) is 0.703. The van der Waals surface area contributed by atoms with E-state index in [9.17, 15) is 14.0 Å². The van der Waals surface area contributed by atoms with Gasteiger partial charge in [-0.1, -0.05) is 0 Å². The Bertz CT molecular complexity index is 770. The van der Waals surface area contributed by atoms with Crippen LogP contribution < -0.4 is 5.32 Å². The second-order valence-corrected chi connectivity index (χ2v) is 6.24. The molecule has 1 heterocycles. The minimum Gasteiger partial charge on any atom is -0.352 e. The molecule has 0 atom stereocenters. The number of hydrogen-bond donors (Lipinski definition) is 2. The smallest absolute Gasteiger partial charge is 0.251 e. The first kappa shape index (κ1) is 17.1. The van der Waals surface area contributed by atoms with Crippen molar-refractivity contribution >= 4 is 11.8 Å². The number of benzene rings is 1. The highest BCUT2D eigenvalue weighted by molar-refractivity contribution is 5.94. The van der Waals surface area contributed by atoms with Gasteiger partial charge in [0.05, 0.1) is 12.2 Å². The first-order chi connectivity index (χ1) is 12.0. The van der Waals surface area contributed by atoms with Gasteiger partial charge in [0.1, 0.15) is 5.82 Å². The Kier molecular flexibility index (Phi) is 5.11. The average Bonchev–Trinajstić information content (AvgIpc) is 3.20. The third kappa shape index (κ3) is 4.04. The zero-order chi connectivity index (χ0) is 17.8. The number of carbonyl (C=O) groups excluding carboxylic acids is 2. The molecule has 0 radical (unpaired) electrons. The number of carbonyl (C=O) groups is 2. The Morgan fingerprint density at radius 2 is 2.04 bits per heavy atom. The molecule has 3 rings (SSSR count). The number of aromatic nitrogens is 2. The standard InChI is InChI=1S/C18H21FN4O2/c1-23(11-16-14-3-2-4-15(14)21-22-16)17(24)9-10-20-18(25)12-5-7-13(19)8-6-12/h5-8H,2-4,9-11H2,1H3,(H,20,25)(H,21,22). The van der Waals surface area contributed by atoms with Gasteiger partial charge in [-0.15, -0.1) is 0 Å². The summed E-state index contributed by atoms with van der Waals surface area (Å²) in [6.07, 6.45) is 3.37. The van der Waals surface area contributed by atoms with Crippen LogP contribution in [0.15, 0.2) is 24.3 Å². The molecule has 6 nitrogen and oxygen atoms in total. The zero-order valence-corrected chi connectivity index (χ0v) is 14.1. The van der Waals surface area contributed by atoms with Crippen LogP contribution in [0.1, 0.15) is 40.2 Å². The van der Waals surface area contributed by atoms with Crippen LogP contribution in [-0.4, -0.2) is 40.5 Å². The van der Waals surface area contributed by atoms with Crippen molar-refractivity contribution in [2.24, 2.45) is 0 Å². The molecule has 132 valence electrons. The quantitative estimate of drug-likeness (QED) is 0.839. The Balaban J connectivity index is 1.45. The SMILES string of the molecule is CN(Cc1n[nH]c2c1CCC2)C(=O)CCNC(=O)c1ccc(F)cc1. The van der Waals surface area contributed by atoms with Gasteiger partial charge >= 0.3 is 0 Å². The van der Waals surface area contributed by atoms with E-state index in [-0.39, 0.29) is 24.8 Å². The molecule has 25 heavy (non-hydrogen) atoms. The van der Waals surface area contributed by atoms with Gasteiger partial charge in [-0.3, -0.25) is 14.7 Å². The van der Waals surface area contributed by atoms with Crippen LogP contribution in [0, 0.1) is 5.82 Å². The van der Waals surface area contributed by atoms with Crippen LogP contribution in [-0.2, 0) is 24.2 Å². The topological polar surface area (TPSA) is 78.1 Å². The van der Waals surface area contributed by atoms with E-state index < -0.39 is 5.82 Å². The van der Waals surface area contributed by atoms with Crippen LogP contribution in [0.25, 0.3) is 0 Å². The molecular formula is C18H21FN4O2. The lowest BCUT2D eigenvalue weighted by molar-refractivity contribution is -0.130. The molecule has 0 saturated heterocycles. The minimum absolute atomic E-state index is 0.0610. The maximum atomic E-state index is 12.8. The molecule has 2 aromatic rings. The monoisotopic (exact) mass is 344 g/mol. The highest BCUT2D eigenvalue weighted by Gasteiger charge is 2.20. The van der Waals surface area contributed by atoms with E-state index in [0.29, 0.717) is 12.1 Å². The summed E-state index contributed by atoms with van der Waals surface area (Å²) < 4.78 is 12.8. The summed E-state index contributed by atoms with van der Waals surface area (Å²) >= 11 is 0. The number of halogens is 1. The third-order valence-corrected chi connectivity index (χ3v) is 4.44. The van der Waals surface area contributed by atoms with Crippen LogP contribution in [0.2, 0.25) is 0 Å². The Labute approximate surface area is 145 Å². The predicted octanol–water partition coefficient (Wildman–Crippen LogP) is 1.82. The molecular weight excluding hydrogens is 323 g/mol. The van der Waals surface area contributed by atoms with Crippen molar-refractivity contribution in [3.8, 4) is 0 Å². The summed E-state index contributed by atoms with van der Waals surface area (Å²) in [4.78, 5) is 25.8. The van der Waals surface area contributed by atoms with Crippen molar-refractivity contribution in [3.63, 3.8) is 0 Å². The van der Waals surface area contributed by atoms with Crippen LogP contribution in [0.4, 0.5) is 4.39 Å². The van der Waals surface area contributed by atoms with E-state index in [1.807, 2.05) is 0 Å². The molecule has 0 spiro atoms. The van der Waals surface area contributed by atoms with E-state index >= 15 is 0 Å². The molecule has 0 unspecified atom stereocenters. The first-order valence-electron chi connectivity index (χ1n) is 8.37. The van der Waals surface area contributed by atoms with Gasteiger partial charge in [0, 0.05) is 31.3 Å². The molecule has 1 aromatic carbocycles. The van der Waals surface area contributed by atoms with E-state index in [0.717, 1.165) is 25.0 Å². The second-order valence-electron chi connectivity index (χ2n) is 6.24. The van der Waals surface area contributed by atoms with E-state index in [2.05, 4.69) is 15.5 Å². The van der Waals surface area contributed by atoms with Gasteiger partial charge < -0.3 is 10.2 Å². The zero-order valence-electron chi connectivity index (χ0n) is 14.1. The Morgan fingerprint density at radius 1 is 1.28 bits per heavy atom. The molecule has 0 bridgehead atoms. The molecule has 1 aliphatic rings. The van der Waals surface area contributed by atoms with Crippen molar-refractivity contribution in [2.75, 3.05) is 13.6 Å². The molecule has 0 saturated carbocycles. The van der Waals surface area contributed by atoms with Crippen molar-refractivity contribution in [1.29, 1.82) is 0 Å². The van der Waals surface area contributed by atoms with Gasteiger partial charge in [0.2, 0.25) is 5.91 Å². The number of hydrogen-bond acceptors (Lipinski definition) is 3. The Hall–Kier alpha value is -2.70. The molecule has 1 aromatic heterocycles. The summed E-state index contributed by atoms with van der Waals surface area (Å²) in [5.41, 5.74) is 3.72. The van der Waals surface area contributed by atoms with Gasteiger partial charge in [-0.25, -0.2) is 4.39 Å². The van der Waals surface area contributed by atoms with E-state index in [4.69, 9.17) is 0 Å². The molecule has 2 amide bonds. The molecule has 1 aliphatic carbocycles. The van der Waals surface area contributed by atoms with Crippen molar-refractivity contribution < 1.29 is 14.0 Å². The fraction of sp³-hybridized carbons (Fsp3) is 0.389. The number of aryl methyl sites for hydroxylation is 1. The number of amides is 2. The number of nitrogens with zero attached hydrogens (tertiary/aromatic N) is 2. The van der Waals surface area contributed by atoms with Gasteiger partial charge in [-0.2, -0.15) is 5.10 Å². The summed E-state index contributed by atoms with van der Waals surface area (Å²) in [5.74, 6) is -0.770. The molecule has 2 N–H and O–H groups in total. The largest absolute Gasteiger partial charge is 0.352 e. The lowest BCUT2D eigenvalue weighted by Gasteiger charge is -2.16. The second kappa shape index (κ2) is 7.46. The lowest BCUT2D eigenvalue weighted by Crippen LogP contribution is -2.32. The van der Waals surface area contributed by atoms with Crippen LogP contribution in [0.3, 0.4) is 0 Å². The highest BCUT2D eigenvalue weighted by atomic mass is 19.1. The number of aromatic amines is 1. The third-order valence-electron chi connectivity index (χ3n) is 4.44. The van der Waals surface area contributed by atoms with E-state index in [1.165, 1.54) is 35.5 Å². The first-order valence-corrected chi connectivity index (χ1v) is 8.37. The summed E-state index contributed by atoms with van der Waals surface area (Å²) in [6, 6.07) is 5.29. The number of rotatable bonds is 6. The lowest BCUT2D eigenvalue weighted by atomic mass is 10.2. The van der Waals surface area contributed by atoms with Gasteiger partial charge in [-0.05, 0) is 49.1 Å². The highest BCUT2D eigenvalue weighted by Crippen LogP contribution is 2.23. The van der Waals surface area contributed by atoms with E-state index in [1.54, 1.807) is 11.9 Å². The number of nitrogens with one attached hydrogen (secondary N) is 2. The van der Waals surface area contributed by atoms with Crippen molar-refractivity contribution in [1.82, 2.24) is 20.4 Å².